The summed E-state index contributed by atoms with van der Waals surface area (Å²) in [5.41, 5.74) is 1.09. The van der Waals surface area contributed by atoms with Crippen molar-refractivity contribution in [1.82, 2.24) is 9.62 Å². The zero-order valence-corrected chi connectivity index (χ0v) is 11.6. The van der Waals surface area contributed by atoms with Crippen LogP contribution < -0.4 is 5.32 Å². The third kappa shape index (κ3) is 3.51. The van der Waals surface area contributed by atoms with Crippen LogP contribution in [0.5, 0.6) is 0 Å². The quantitative estimate of drug-likeness (QED) is 0.814. The molecule has 96 valence electrons. The fourth-order valence-electron chi connectivity index (χ4n) is 1.73. The molecule has 0 atom stereocenters. The van der Waals surface area contributed by atoms with Gasteiger partial charge in [-0.25, -0.2) is 8.42 Å². The number of thiophene rings is 1. The number of nitrogens with zero attached hydrogens (tertiary/aromatic N) is 1. The Hall–Kier alpha value is -0.430. The van der Waals surface area contributed by atoms with Crippen LogP contribution in [0.25, 0.3) is 0 Å². The van der Waals surface area contributed by atoms with Crippen molar-refractivity contribution in [3.05, 3.63) is 22.4 Å². The molecule has 0 bridgehead atoms. The highest BCUT2D eigenvalue weighted by molar-refractivity contribution is 7.89. The van der Waals surface area contributed by atoms with Gasteiger partial charge in [0.1, 0.15) is 0 Å². The second kappa shape index (κ2) is 5.48. The summed E-state index contributed by atoms with van der Waals surface area (Å²) in [6, 6.07) is 2.23. The average molecular weight is 274 g/mol. The molecule has 4 nitrogen and oxygen atoms in total. The molecule has 0 radical (unpaired) electrons. The third-order valence-electron chi connectivity index (χ3n) is 2.84. The molecule has 17 heavy (non-hydrogen) atoms. The van der Waals surface area contributed by atoms with Crippen LogP contribution in [0.1, 0.15) is 18.4 Å². The van der Waals surface area contributed by atoms with Crippen molar-refractivity contribution in [2.45, 2.75) is 25.4 Å². The fraction of sp³-hybridized carbons (Fsp3) is 0.636. The first kappa shape index (κ1) is 13.0. The summed E-state index contributed by atoms with van der Waals surface area (Å²) < 4.78 is 26.0. The van der Waals surface area contributed by atoms with E-state index in [-0.39, 0.29) is 11.8 Å². The maximum absolute atomic E-state index is 12.2. The van der Waals surface area contributed by atoms with Gasteiger partial charge in [-0.2, -0.15) is 15.6 Å². The maximum atomic E-state index is 12.2. The molecular weight excluding hydrogens is 256 g/mol. The van der Waals surface area contributed by atoms with Gasteiger partial charge in [-0.15, -0.1) is 0 Å². The van der Waals surface area contributed by atoms with E-state index >= 15 is 0 Å². The highest BCUT2D eigenvalue weighted by Crippen LogP contribution is 2.31. The Morgan fingerprint density at radius 3 is 2.82 bits per heavy atom. The molecule has 1 heterocycles. The van der Waals surface area contributed by atoms with Crippen molar-refractivity contribution in [1.29, 1.82) is 0 Å². The summed E-state index contributed by atoms with van der Waals surface area (Å²) in [4.78, 5) is 0. The molecule has 1 N–H and O–H groups in total. The van der Waals surface area contributed by atoms with Crippen molar-refractivity contribution < 1.29 is 8.42 Å². The van der Waals surface area contributed by atoms with Crippen molar-refractivity contribution in [2.75, 3.05) is 19.3 Å². The van der Waals surface area contributed by atoms with E-state index < -0.39 is 10.0 Å². The normalized spacial score (nSPS) is 16.6. The average Bonchev–Trinajstić information content (AvgIpc) is 3.00. The molecule has 0 saturated heterocycles. The van der Waals surface area contributed by atoms with Crippen LogP contribution in [0.15, 0.2) is 16.8 Å². The predicted octanol–water partition coefficient (Wildman–Crippen LogP) is 1.26. The second-order valence-corrected chi connectivity index (χ2v) is 7.15. The summed E-state index contributed by atoms with van der Waals surface area (Å²) in [6.45, 7) is 1.04. The van der Waals surface area contributed by atoms with Crippen molar-refractivity contribution >= 4 is 21.4 Å². The minimum absolute atomic E-state index is 0.185. The monoisotopic (exact) mass is 274 g/mol. The number of sulfonamides is 1. The van der Waals surface area contributed by atoms with E-state index in [2.05, 4.69) is 5.32 Å². The van der Waals surface area contributed by atoms with Crippen molar-refractivity contribution in [2.24, 2.45) is 0 Å². The predicted molar refractivity (Wildman–Crippen MR) is 70.6 cm³/mol. The molecule has 0 unspecified atom stereocenters. The molecule has 1 aromatic rings. The Bertz CT molecular complexity index is 438. The number of nitrogens with one attached hydrogen (secondary N) is 1. The van der Waals surface area contributed by atoms with E-state index in [1.165, 1.54) is 0 Å². The van der Waals surface area contributed by atoms with Gasteiger partial charge in [0, 0.05) is 19.1 Å². The lowest BCUT2D eigenvalue weighted by molar-refractivity contribution is 0.398. The van der Waals surface area contributed by atoms with Gasteiger partial charge in [0.15, 0.2) is 0 Å². The molecule has 0 amide bonds. The van der Waals surface area contributed by atoms with Crippen molar-refractivity contribution in [3.8, 4) is 0 Å². The molecule has 2 rings (SSSR count). The number of hydrogen-bond acceptors (Lipinski definition) is 4. The Labute approximate surface area is 107 Å². The first-order valence-electron chi connectivity index (χ1n) is 5.78. The Morgan fingerprint density at radius 1 is 1.53 bits per heavy atom. The zero-order valence-electron chi connectivity index (χ0n) is 9.93. The van der Waals surface area contributed by atoms with Gasteiger partial charge >= 0.3 is 0 Å². The van der Waals surface area contributed by atoms with Crippen LogP contribution in [0.2, 0.25) is 0 Å². The summed E-state index contributed by atoms with van der Waals surface area (Å²) in [7, 11) is -1.35. The van der Waals surface area contributed by atoms with Crippen LogP contribution in [0.4, 0.5) is 0 Å². The van der Waals surface area contributed by atoms with Crippen LogP contribution in [0.3, 0.4) is 0 Å². The van der Waals surface area contributed by atoms with Gasteiger partial charge in [0.25, 0.3) is 0 Å². The van der Waals surface area contributed by atoms with Gasteiger partial charge in [-0.3, -0.25) is 0 Å². The summed E-state index contributed by atoms with van der Waals surface area (Å²) in [5.74, 6) is 0.185. The first-order chi connectivity index (χ1) is 8.13. The molecule has 0 aromatic carbocycles. The van der Waals surface area contributed by atoms with Gasteiger partial charge in [0.2, 0.25) is 10.0 Å². The van der Waals surface area contributed by atoms with E-state index in [1.807, 2.05) is 16.8 Å². The van der Waals surface area contributed by atoms with Gasteiger partial charge in [-0.05, 0) is 42.3 Å². The SMILES string of the molecule is CNCCS(=O)(=O)N(Cc1ccsc1)C1CC1. The van der Waals surface area contributed by atoms with E-state index in [1.54, 1.807) is 22.7 Å². The Kier molecular flexibility index (Phi) is 4.19. The van der Waals surface area contributed by atoms with E-state index in [0.717, 1.165) is 18.4 Å². The van der Waals surface area contributed by atoms with Gasteiger partial charge in [-0.1, -0.05) is 0 Å². The Morgan fingerprint density at radius 2 is 2.29 bits per heavy atom. The standard InChI is InChI=1S/C11H18N2O2S2/c1-12-5-7-17(14,15)13(11-2-3-11)8-10-4-6-16-9-10/h4,6,9,11-12H,2-3,5,7-8H2,1H3. The van der Waals surface area contributed by atoms with E-state index in [0.29, 0.717) is 13.1 Å². The number of rotatable bonds is 7. The third-order valence-corrected chi connectivity index (χ3v) is 5.43. The topological polar surface area (TPSA) is 49.4 Å². The first-order valence-corrected chi connectivity index (χ1v) is 8.34. The van der Waals surface area contributed by atoms with Crippen LogP contribution in [0, 0.1) is 0 Å². The Balaban J connectivity index is 2.06. The molecule has 0 spiro atoms. The summed E-state index contributed by atoms with van der Waals surface area (Å²) >= 11 is 1.61. The summed E-state index contributed by atoms with van der Waals surface area (Å²) in [5, 5.41) is 6.90. The lowest BCUT2D eigenvalue weighted by atomic mass is 10.3. The highest BCUT2D eigenvalue weighted by atomic mass is 32.2. The van der Waals surface area contributed by atoms with Gasteiger partial charge < -0.3 is 5.32 Å². The lowest BCUT2D eigenvalue weighted by Gasteiger charge is -2.21. The largest absolute Gasteiger partial charge is 0.319 e. The smallest absolute Gasteiger partial charge is 0.215 e. The second-order valence-electron chi connectivity index (χ2n) is 4.33. The molecule has 0 aliphatic heterocycles. The molecule has 1 fully saturated rings. The summed E-state index contributed by atoms with van der Waals surface area (Å²) in [6.07, 6.45) is 2.01. The van der Waals surface area contributed by atoms with E-state index in [4.69, 9.17) is 0 Å². The minimum Gasteiger partial charge on any atom is -0.319 e. The molecule has 1 aliphatic carbocycles. The lowest BCUT2D eigenvalue weighted by Crippen LogP contribution is -2.36. The highest BCUT2D eigenvalue weighted by Gasteiger charge is 2.36. The number of hydrogen-bond donors (Lipinski definition) is 1. The molecule has 1 aliphatic rings. The maximum Gasteiger partial charge on any atom is 0.215 e. The van der Waals surface area contributed by atoms with Crippen molar-refractivity contribution in [3.63, 3.8) is 0 Å². The minimum atomic E-state index is -3.12. The zero-order chi connectivity index (χ0) is 12.3. The molecule has 6 heteroatoms. The van der Waals surface area contributed by atoms with Crippen LogP contribution >= 0.6 is 11.3 Å². The van der Waals surface area contributed by atoms with Crippen LogP contribution in [-0.4, -0.2) is 38.1 Å². The fourth-order valence-corrected chi connectivity index (χ4v) is 4.10. The molecule has 1 saturated carbocycles. The molecule has 1 aromatic heterocycles. The van der Waals surface area contributed by atoms with E-state index in [9.17, 15) is 8.42 Å². The van der Waals surface area contributed by atoms with Crippen LogP contribution in [-0.2, 0) is 16.6 Å². The molecular formula is C11H18N2O2S2. The van der Waals surface area contributed by atoms with Gasteiger partial charge in [0.05, 0.1) is 5.75 Å².